The van der Waals surface area contributed by atoms with Gasteiger partial charge in [-0.1, -0.05) is 30.3 Å². The second kappa shape index (κ2) is 5.92. The minimum atomic E-state index is -0.293. The molecule has 2 rings (SSSR count). The molecular weight excluding hydrogens is 331 g/mol. The van der Waals surface area contributed by atoms with E-state index in [1.54, 1.807) is 6.20 Å². The minimum Gasteiger partial charge on any atom is -0.356 e. The van der Waals surface area contributed by atoms with Crippen molar-refractivity contribution in [2.75, 3.05) is 0 Å². The Labute approximate surface area is 112 Å². The second-order valence-corrected chi connectivity index (χ2v) is 4.73. The van der Waals surface area contributed by atoms with Crippen LogP contribution in [-0.2, 0) is 18.1 Å². The predicted octanol–water partition coefficient (Wildman–Crippen LogP) is 2.02. The van der Waals surface area contributed by atoms with Gasteiger partial charge in [-0.2, -0.15) is 0 Å². The van der Waals surface area contributed by atoms with E-state index < -0.39 is 0 Å². The van der Waals surface area contributed by atoms with E-state index in [1.165, 1.54) is 10.8 Å². The highest BCUT2D eigenvalue weighted by Gasteiger charge is 1.98. The van der Waals surface area contributed by atoms with Gasteiger partial charge in [0.05, 0.1) is 6.61 Å². The number of aromatic nitrogens is 2. The molecule has 1 aromatic heterocycles. The van der Waals surface area contributed by atoms with E-state index in [4.69, 9.17) is 4.74 Å². The average molecular weight is 342 g/mol. The van der Waals surface area contributed by atoms with Crippen LogP contribution in [0.15, 0.2) is 47.5 Å². The summed E-state index contributed by atoms with van der Waals surface area (Å²) in [4.78, 5) is 15.1. The first-order valence-corrected chi connectivity index (χ1v) is 6.17. The van der Waals surface area contributed by atoms with Gasteiger partial charge in [-0.05, 0) is 28.2 Å². The number of halogens is 1. The number of rotatable bonds is 4. The van der Waals surface area contributed by atoms with E-state index in [1.807, 2.05) is 30.3 Å². The molecule has 0 radical (unpaired) electrons. The van der Waals surface area contributed by atoms with Crippen LogP contribution in [0, 0.1) is 3.57 Å². The van der Waals surface area contributed by atoms with Gasteiger partial charge in [0.1, 0.15) is 6.73 Å². The van der Waals surface area contributed by atoms with Gasteiger partial charge in [0.15, 0.2) is 0 Å². The van der Waals surface area contributed by atoms with Gasteiger partial charge in [-0.3, -0.25) is 4.57 Å². The summed E-state index contributed by atoms with van der Waals surface area (Å²) in [6.07, 6.45) is 3.26. The Kier molecular flexibility index (Phi) is 4.27. The van der Waals surface area contributed by atoms with E-state index in [0.29, 0.717) is 6.61 Å². The number of ether oxygens (including phenoxy) is 1. The van der Waals surface area contributed by atoms with Crippen molar-refractivity contribution < 1.29 is 4.74 Å². The summed E-state index contributed by atoms with van der Waals surface area (Å²) in [5.74, 6) is 0. The number of nitrogens with zero attached hydrogens (tertiary/aromatic N) is 2. The summed E-state index contributed by atoms with van der Waals surface area (Å²) in [5, 5.41) is 0. The van der Waals surface area contributed by atoms with Crippen LogP contribution in [0.3, 0.4) is 0 Å². The van der Waals surface area contributed by atoms with Gasteiger partial charge in [0, 0.05) is 16.0 Å². The van der Waals surface area contributed by atoms with Crippen LogP contribution < -0.4 is 5.69 Å². The van der Waals surface area contributed by atoms with E-state index >= 15 is 0 Å². The Morgan fingerprint density at radius 2 is 2.06 bits per heavy atom. The molecule has 0 saturated heterocycles. The lowest BCUT2D eigenvalue weighted by Gasteiger charge is -2.06. The summed E-state index contributed by atoms with van der Waals surface area (Å²) in [7, 11) is 0. The van der Waals surface area contributed by atoms with Gasteiger partial charge >= 0.3 is 5.69 Å². The van der Waals surface area contributed by atoms with Crippen molar-refractivity contribution in [1.82, 2.24) is 9.55 Å². The third kappa shape index (κ3) is 3.64. The molecule has 17 heavy (non-hydrogen) atoms. The van der Waals surface area contributed by atoms with Crippen molar-refractivity contribution in [3.8, 4) is 0 Å². The van der Waals surface area contributed by atoms with Crippen LogP contribution in [-0.4, -0.2) is 9.55 Å². The van der Waals surface area contributed by atoms with Crippen molar-refractivity contribution in [2.45, 2.75) is 13.3 Å². The predicted molar refractivity (Wildman–Crippen MR) is 72.4 cm³/mol. The van der Waals surface area contributed by atoms with Crippen LogP contribution in [0.1, 0.15) is 5.56 Å². The highest BCUT2D eigenvalue weighted by atomic mass is 127. The van der Waals surface area contributed by atoms with E-state index in [9.17, 15) is 4.79 Å². The molecule has 0 aliphatic heterocycles. The summed E-state index contributed by atoms with van der Waals surface area (Å²) < 4.78 is 7.82. The molecule has 0 aliphatic rings. The standard InChI is InChI=1S/C12H11IN2O2/c13-11-6-14-12(16)15(7-11)9-17-8-10-4-2-1-3-5-10/h1-7H,8-9H2. The molecule has 2 aromatic rings. The molecule has 4 nitrogen and oxygen atoms in total. The molecule has 0 atom stereocenters. The fourth-order valence-corrected chi connectivity index (χ4v) is 1.83. The fraction of sp³-hybridized carbons (Fsp3) is 0.167. The maximum absolute atomic E-state index is 11.4. The highest BCUT2D eigenvalue weighted by Crippen LogP contribution is 2.02. The van der Waals surface area contributed by atoms with E-state index in [2.05, 4.69) is 27.6 Å². The van der Waals surface area contributed by atoms with Crippen molar-refractivity contribution in [2.24, 2.45) is 0 Å². The maximum Gasteiger partial charge on any atom is 0.349 e. The largest absolute Gasteiger partial charge is 0.356 e. The molecule has 0 spiro atoms. The first-order valence-electron chi connectivity index (χ1n) is 5.09. The smallest absolute Gasteiger partial charge is 0.349 e. The molecule has 5 heteroatoms. The monoisotopic (exact) mass is 342 g/mol. The zero-order valence-electron chi connectivity index (χ0n) is 9.04. The van der Waals surface area contributed by atoms with Crippen molar-refractivity contribution in [1.29, 1.82) is 0 Å². The van der Waals surface area contributed by atoms with Crippen molar-refractivity contribution >= 4 is 22.6 Å². The van der Waals surface area contributed by atoms with Gasteiger partial charge in [0.25, 0.3) is 0 Å². The van der Waals surface area contributed by atoms with Crippen molar-refractivity contribution in [3.05, 3.63) is 62.3 Å². The SMILES string of the molecule is O=c1ncc(I)cn1COCc1ccccc1. The van der Waals surface area contributed by atoms with Gasteiger partial charge < -0.3 is 4.74 Å². The Hall–Kier alpha value is -1.21. The molecule has 0 unspecified atom stereocenters. The summed E-state index contributed by atoms with van der Waals surface area (Å²) in [6, 6.07) is 9.83. The van der Waals surface area contributed by atoms with Crippen LogP contribution in [0.2, 0.25) is 0 Å². The van der Waals surface area contributed by atoms with Crippen LogP contribution in [0.25, 0.3) is 0 Å². The summed E-state index contributed by atoms with van der Waals surface area (Å²) in [5.41, 5.74) is 0.789. The zero-order valence-corrected chi connectivity index (χ0v) is 11.2. The van der Waals surface area contributed by atoms with E-state index in [0.717, 1.165) is 9.13 Å². The lowest BCUT2D eigenvalue weighted by Crippen LogP contribution is -2.23. The van der Waals surface area contributed by atoms with E-state index in [-0.39, 0.29) is 12.4 Å². The van der Waals surface area contributed by atoms with Gasteiger partial charge in [-0.25, -0.2) is 9.78 Å². The van der Waals surface area contributed by atoms with Crippen LogP contribution in [0.4, 0.5) is 0 Å². The van der Waals surface area contributed by atoms with Gasteiger partial charge in [-0.15, -0.1) is 0 Å². The first-order chi connectivity index (χ1) is 8.25. The Bertz CT molecular complexity index is 540. The maximum atomic E-state index is 11.4. The summed E-state index contributed by atoms with van der Waals surface area (Å²) >= 11 is 2.11. The quantitative estimate of drug-likeness (QED) is 0.799. The zero-order chi connectivity index (χ0) is 12.1. The Balaban J connectivity index is 1.94. The molecular formula is C12H11IN2O2. The number of hydrogen-bond donors (Lipinski definition) is 0. The molecule has 1 aromatic carbocycles. The third-order valence-electron chi connectivity index (χ3n) is 2.17. The first kappa shape index (κ1) is 12.3. The number of hydrogen-bond acceptors (Lipinski definition) is 3. The minimum absolute atomic E-state index is 0.220. The third-order valence-corrected chi connectivity index (χ3v) is 2.72. The highest BCUT2D eigenvalue weighted by molar-refractivity contribution is 14.1. The van der Waals surface area contributed by atoms with Crippen molar-refractivity contribution in [3.63, 3.8) is 0 Å². The topological polar surface area (TPSA) is 44.1 Å². The molecule has 0 aliphatic carbocycles. The average Bonchev–Trinajstić information content (AvgIpc) is 2.35. The molecule has 0 fully saturated rings. The molecule has 0 N–H and O–H groups in total. The molecule has 0 amide bonds. The fourth-order valence-electron chi connectivity index (χ4n) is 1.36. The normalized spacial score (nSPS) is 10.4. The Morgan fingerprint density at radius 3 is 2.82 bits per heavy atom. The lowest BCUT2D eigenvalue weighted by molar-refractivity contribution is 0.0607. The molecule has 88 valence electrons. The molecule has 1 heterocycles. The molecule has 0 bridgehead atoms. The Morgan fingerprint density at radius 1 is 1.29 bits per heavy atom. The molecule has 0 saturated carbocycles. The van der Waals surface area contributed by atoms with Crippen LogP contribution >= 0.6 is 22.6 Å². The second-order valence-electron chi connectivity index (χ2n) is 3.49. The lowest BCUT2D eigenvalue weighted by atomic mass is 10.2. The van der Waals surface area contributed by atoms with Gasteiger partial charge in [0.2, 0.25) is 0 Å². The van der Waals surface area contributed by atoms with Crippen LogP contribution in [0.5, 0.6) is 0 Å². The summed E-state index contributed by atoms with van der Waals surface area (Å²) in [6.45, 7) is 0.705. The number of benzene rings is 1.